The molecule has 0 aromatic carbocycles. The summed E-state index contributed by atoms with van der Waals surface area (Å²) < 4.78 is 52.9. The standard InChI is InChI=1S/C17H32O7S.Na/c1-2-3-4-5-6-7-8-9-10-11-16-23-15-12-21-14(17(15)24-16)13-22-25(18,19)20;/h14-17H,2-13H2,1H3,(H,18,19,20);/q;+1/p-1. The zero-order valence-corrected chi connectivity index (χ0v) is 18.9. The molecule has 4 atom stereocenters. The average molecular weight is 402 g/mol. The first-order valence-corrected chi connectivity index (χ1v) is 10.9. The summed E-state index contributed by atoms with van der Waals surface area (Å²) in [5.74, 6) is 0. The average Bonchev–Trinajstić information content (AvgIpc) is 3.11. The Kier molecular flexibility index (Phi) is 12.5. The molecule has 148 valence electrons. The van der Waals surface area contributed by atoms with E-state index < -0.39 is 16.5 Å². The number of fused-ring (bicyclic) bond motifs is 1. The molecule has 0 spiro atoms. The topological polar surface area (TPSA) is 94.1 Å². The second-order valence-corrected chi connectivity index (χ2v) is 7.94. The first-order valence-electron chi connectivity index (χ1n) is 9.52. The second-order valence-electron chi connectivity index (χ2n) is 6.89. The molecule has 2 heterocycles. The zero-order valence-electron chi connectivity index (χ0n) is 16.1. The molecular weight excluding hydrogens is 371 g/mol. The quantitative estimate of drug-likeness (QED) is 0.184. The van der Waals surface area contributed by atoms with E-state index in [0.29, 0.717) is 6.61 Å². The molecule has 0 aliphatic carbocycles. The van der Waals surface area contributed by atoms with Gasteiger partial charge in [0.05, 0.1) is 13.2 Å². The molecule has 2 rings (SSSR count). The summed E-state index contributed by atoms with van der Waals surface area (Å²) in [5.41, 5.74) is 0. The van der Waals surface area contributed by atoms with Gasteiger partial charge in [-0.1, -0.05) is 58.3 Å². The van der Waals surface area contributed by atoms with Crippen molar-refractivity contribution in [1.29, 1.82) is 0 Å². The number of unbranched alkanes of at least 4 members (excludes halogenated alkanes) is 8. The zero-order chi connectivity index (χ0) is 18.1. The van der Waals surface area contributed by atoms with Crippen LogP contribution in [0.1, 0.15) is 71.1 Å². The van der Waals surface area contributed by atoms with Crippen LogP contribution in [0, 0.1) is 0 Å². The van der Waals surface area contributed by atoms with Crippen molar-refractivity contribution < 1.29 is 60.9 Å². The van der Waals surface area contributed by atoms with E-state index >= 15 is 0 Å². The summed E-state index contributed by atoms with van der Waals surface area (Å²) >= 11 is 0. The first kappa shape index (κ1) is 24.8. The van der Waals surface area contributed by atoms with Crippen LogP contribution in [0.5, 0.6) is 0 Å². The number of ether oxygens (including phenoxy) is 3. The minimum absolute atomic E-state index is 0. The second kappa shape index (κ2) is 13.1. The molecule has 0 bridgehead atoms. The Labute approximate surface area is 179 Å². The van der Waals surface area contributed by atoms with Gasteiger partial charge in [-0.05, 0) is 12.8 Å². The van der Waals surface area contributed by atoms with E-state index in [-0.39, 0.29) is 54.7 Å². The van der Waals surface area contributed by atoms with Gasteiger partial charge in [0.1, 0.15) is 18.3 Å². The van der Waals surface area contributed by atoms with Crippen molar-refractivity contribution in [2.45, 2.75) is 95.7 Å². The van der Waals surface area contributed by atoms with E-state index in [1.54, 1.807) is 0 Å². The van der Waals surface area contributed by atoms with E-state index in [2.05, 4.69) is 11.1 Å². The fraction of sp³-hybridized carbons (Fsp3) is 1.00. The molecule has 0 radical (unpaired) electrons. The van der Waals surface area contributed by atoms with Crippen molar-refractivity contribution in [1.82, 2.24) is 0 Å². The van der Waals surface area contributed by atoms with Gasteiger partial charge in [-0.25, -0.2) is 8.42 Å². The smallest absolute Gasteiger partial charge is 0.726 e. The molecule has 0 N–H and O–H groups in total. The van der Waals surface area contributed by atoms with Gasteiger partial charge in [-0.15, -0.1) is 0 Å². The Morgan fingerprint density at radius 2 is 1.62 bits per heavy atom. The molecule has 7 nitrogen and oxygen atoms in total. The predicted octanol–water partition coefficient (Wildman–Crippen LogP) is -0.103. The maximum absolute atomic E-state index is 10.5. The molecule has 2 aliphatic rings. The molecular formula is C17H31NaO7S. The Balaban J connectivity index is 0.00000338. The van der Waals surface area contributed by atoms with Crippen LogP contribution in [0.15, 0.2) is 0 Å². The van der Waals surface area contributed by atoms with Crippen LogP contribution in [0.4, 0.5) is 0 Å². The summed E-state index contributed by atoms with van der Waals surface area (Å²) in [6.45, 7) is 2.25. The van der Waals surface area contributed by atoms with Crippen LogP contribution < -0.4 is 29.6 Å². The fourth-order valence-corrected chi connectivity index (χ4v) is 3.69. The van der Waals surface area contributed by atoms with Crippen LogP contribution in [0.25, 0.3) is 0 Å². The van der Waals surface area contributed by atoms with E-state index in [4.69, 9.17) is 14.2 Å². The minimum Gasteiger partial charge on any atom is -0.726 e. The van der Waals surface area contributed by atoms with Crippen LogP contribution in [0.2, 0.25) is 0 Å². The largest absolute Gasteiger partial charge is 1.00 e. The van der Waals surface area contributed by atoms with Gasteiger partial charge in [0.15, 0.2) is 6.29 Å². The molecule has 0 saturated carbocycles. The summed E-state index contributed by atoms with van der Waals surface area (Å²) in [6.07, 6.45) is 10.8. The van der Waals surface area contributed by atoms with E-state index in [0.717, 1.165) is 12.8 Å². The van der Waals surface area contributed by atoms with Gasteiger partial charge in [0.25, 0.3) is 0 Å². The van der Waals surface area contributed by atoms with Crippen LogP contribution >= 0.6 is 0 Å². The summed E-state index contributed by atoms with van der Waals surface area (Å²) in [6, 6.07) is 0. The van der Waals surface area contributed by atoms with Crippen LogP contribution in [-0.2, 0) is 28.8 Å². The fourth-order valence-electron chi connectivity index (χ4n) is 3.39. The Morgan fingerprint density at radius 1 is 1.00 bits per heavy atom. The maximum atomic E-state index is 10.5. The van der Waals surface area contributed by atoms with Gasteiger partial charge in [-0.2, -0.15) is 0 Å². The SMILES string of the molecule is CCCCCCCCCCCC1OC2COC(COS(=O)(=O)[O-])C2O1.[Na+]. The van der Waals surface area contributed by atoms with Gasteiger partial charge >= 0.3 is 29.6 Å². The number of hydrogen-bond acceptors (Lipinski definition) is 7. The van der Waals surface area contributed by atoms with Crippen molar-refractivity contribution in [3.05, 3.63) is 0 Å². The predicted molar refractivity (Wildman–Crippen MR) is 90.8 cm³/mol. The Hall–Kier alpha value is 0.750. The van der Waals surface area contributed by atoms with E-state index in [1.807, 2.05) is 0 Å². The Bertz CT molecular complexity index is 474. The monoisotopic (exact) mass is 402 g/mol. The van der Waals surface area contributed by atoms with E-state index in [1.165, 1.54) is 51.4 Å². The van der Waals surface area contributed by atoms with Gasteiger partial charge in [0.2, 0.25) is 10.4 Å². The van der Waals surface area contributed by atoms with E-state index in [9.17, 15) is 13.0 Å². The Morgan fingerprint density at radius 3 is 2.23 bits per heavy atom. The van der Waals surface area contributed by atoms with Crippen molar-refractivity contribution in [3.63, 3.8) is 0 Å². The third-order valence-corrected chi connectivity index (χ3v) is 5.19. The molecule has 0 aromatic heterocycles. The summed E-state index contributed by atoms with van der Waals surface area (Å²) in [7, 11) is -4.71. The number of hydrogen-bond donors (Lipinski definition) is 0. The summed E-state index contributed by atoms with van der Waals surface area (Å²) in [5, 5.41) is 0. The minimum atomic E-state index is -4.71. The molecule has 2 saturated heterocycles. The molecule has 0 amide bonds. The maximum Gasteiger partial charge on any atom is 1.00 e. The van der Waals surface area contributed by atoms with Crippen molar-refractivity contribution in [2.75, 3.05) is 13.2 Å². The van der Waals surface area contributed by atoms with Crippen LogP contribution in [0.3, 0.4) is 0 Å². The molecule has 0 aromatic rings. The molecule has 2 aliphatic heterocycles. The third-order valence-electron chi connectivity index (χ3n) is 4.76. The summed E-state index contributed by atoms with van der Waals surface area (Å²) in [4.78, 5) is 0. The van der Waals surface area contributed by atoms with Crippen molar-refractivity contribution in [2.24, 2.45) is 0 Å². The molecule has 9 heteroatoms. The first-order chi connectivity index (χ1) is 12.0. The molecule has 2 fully saturated rings. The van der Waals surface area contributed by atoms with Crippen LogP contribution in [-0.4, -0.2) is 50.8 Å². The molecule has 26 heavy (non-hydrogen) atoms. The third kappa shape index (κ3) is 9.30. The molecule has 4 unspecified atom stereocenters. The van der Waals surface area contributed by atoms with Crippen molar-refractivity contribution >= 4 is 10.4 Å². The normalized spacial score (nSPS) is 28.1. The van der Waals surface area contributed by atoms with Gasteiger partial charge in [-0.3, -0.25) is 4.18 Å². The van der Waals surface area contributed by atoms with Crippen molar-refractivity contribution in [3.8, 4) is 0 Å². The van der Waals surface area contributed by atoms with Gasteiger partial charge < -0.3 is 18.8 Å². The number of rotatable bonds is 13. The van der Waals surface area contributed by atoms with Gasteiger partial charge in [0, 0.05) is 0 Å².